The van der Waals surface area contributed by atoms with Crippen LogP contribution in [0.4, 0.5) is 0 Å². The van der Waals surface area contributed by atoms with Crippen molar-refractivity contribution in [3.05, 3.63) is 35.9 Å². The third-order valence-corrected chi connectivity index (χ3v) is 11.0. The van der Waals surface area contributed by atoms with E-state index in [4.69, 9.17) is 4.66 Å². The summed E-state index contributed by atoms with van der Waals surface area (Å²) in [6.07, 6.45) is 0. The first kappa shape index (κ1) is 18.4. The molecule has 0 aliphatic carbocycles. The summed E-state index contributed by atoms with van der Waals surface area (Å²) >= 11 is 0. The predicted molar refractivity (Wildman–Crippen MR) is 105 cm³/mol. The number of benzene rings is 1. The van der Waals surface area contributed by atoms with Crippen molar-refractivity contribution in [2.24, 2.45) is 4.66 Å². The lowest BCUT2D eigenvalue weighted by Crippen LogP contribution is -2.62. The molecule has 5 heteroatoms. The lowest BCUT2D eigenvalue weighted by molar-refractivity contribution is 0.900. The third-order valence-electron chi connectivity index (χ3n) is 3.03. The Hall–Kier alpha value is -0.659. The lowest BCUT2D eigenvalue weighted by atomic mass is 10.2. The molecule has 0 saturated carbocycles. The Balaban J connectivity index is 3.53. The molecular formula is C16H32N2Si3. The highest BCUT2D eigenvalue weighted by Crippen LogP contribution is 2.25. The standard InChI is InChI=1S/C16H32N2Si3/c1-19(2,3)17-16(15-13-11-10-12-14-15)18(20(4,5)6)21(7,8)9/h10-14H,1-9H3/b17-16+. The second-order valence-electron chi connectivity index (χ2n) is 8.65. The van der Waals surface area contributed by atoms with Gasteiger partial charge in [0.05, 0.1) is 0 Å². The molecule has 0 unspecified atom stereocenters. The summed E-state index contributed by atoms with van der Waals surface area (Å²) in [6, 6.07) is 10.8. The van der Waals surface area contributed by atoms with E-state index < -0.39 is 24.7 Å². The summed E-state index contributed by atoms with van der Waals surface area (Å²) in [6.45, 7) is 21.6. The number of nitrogens with zero attached hydrogens (tertiary/aromatic N) is 2. The van der Waals surface area contributed by atoms with Crippen LogP contribution in [-0.2, 0) is 0 Å². The van der Waals surface area contributed by atoms with Crippen molar-refractivity contribution in [2.45, 2.75) is 58.9 Å². The maximum atomic E-state index is 5.26. The van der Waals surface area contributed by atoms with Gasteiger partial charge in [0.15, 0.2) is 8.24 Å². The zero-order chi connectivity index (χ0) is 16.5. The van der Waals surface area contributed by atoms with Crippen LogP contribution in [0.15, 0.2) is 35.0 Å². The van der Waals surface area contributed by atoms with Gasteiger partial charge in [0.2, 0.25) is 0 Å². The number of hydrogen-bond acceptors (Lipinski definition) is 1. The summed E-state index contributed by atoms with van der Waals surface area (Å²) in [4.78, 5) is 0. The molecule has 0 radical (unpaired) electrons. The van der Waals surface area contributed by atoms with Crippen LogP contribution < -0.4 is 0 Å². The molecule has 0 bridgehead atoms. The number of amidine groups is 1. The summed E-state index contributed by atoms with van der Waals surface area (Å²) in [5.74, 6) is 1.26. The van der Waals surface area contributed by atoms with Crippen LogP contribution in [0.1, 0.15) is 5.56 Å². The molecule has 0 aliphatic rings. The summed E-state index contributed by atoms with van der Waals surface area (Å²) in [5.41, 5.74) is 1.28. The summed E-state index contributed by atoms with van der Waals surface area (Å²) < 4.78 is 8.01. The van der Waals surface area contributed by atoms with Gasteiger partial charge in [0.1, 0.15) is 22.3 Å². The van der Waals surface area contributed by atoms with Gasteiger partial charge in [-0.3, -0.25) is 0 Å². The van der Waals surface area contributed by atoms with Crippen LogP contribution in [0.3, 0.4) is 0 Å². The largest absolute Gasteiger partial charge is 0.410 e. The highest BCUT2D eigenvalue weighted by atomic mass is 28.4. The van der Waals surface area contributed by atoms with Gasteiger partial charge >= 0.3 is 0 Å². The molecule has 0 saturated heterocycles. The van der Waals surface area contributed by atoms with Gasteiger partial charge in [-0.05, 0) is 19.6 Å². The first-order valence-electron chi connectivity index (χ1n) is 7.78. The van der Waals surface area contributed by atoms with Crippen LogP contribution in [0.2, 0.25) is 58.9 Å². The quantitative estimate of drug-likeness (QED) is 0.417. The Morgan fingerprint density at radius 3 is 1.52 bits per heavy atom. The van der Waals surface area contributed by atoms with Crippen LogP contribution in [0.25, 0.3) is 0 Å². The molecule has 0 N–H and O–H groups in total. The van der Waals surface area contributed by atoms with Crippen LogP contribution in [0.5, 0.6) is 0 Å². The maximum absolute atomic E-state index is 5.26. The Morgan fingerprint density at radius 2 is 1.19 bits per heavy atom. The van der Waals surface area contributed by atoms with E-state index in [0.717, 1.165) is 0 Å². The fourth-order valence-corrected chi connectivity index (χ4v) is 13.5. The van der Waals surface area contributed by atoms with E-state index in [2.05, 4.69) is 93.5 Å². The molecule has 21 heavy (non-hydrogen) atoms. The van der Waals surface area contributed by atoms with Crippen molar-refractivity contribution in [3.8, 4) is 0 Å². The molecule has 1 rings (SSSR count). The molecule has 0 fully saturated rings. The minimum absolute atomic E-state index is 1.26. The lowest BCUT2D eigenvalue weighted by Gasteiger charge is -2.47. The zero-order valence-corrected chi connectivity index (χ0v) is 18.3. The molecular weight excluding hydrogens is 304 g/mol. The Kier molecular flexibility index (Phi) is 5.45. The number of hydrogen-bond donors (Lipinski definition) is 0. The molecule has 0 aliphatic heterocycles. The van der Waals surface area contributed by atoms with E-state index in [1.807, 2.05) is 0 Å². The highest BCUT2D eigenvalue weighted by Gasteiger charge is 2.37. The fraction of sp³-hybridized carbons (Fsp3) is 0.562. The average Bonchev–Trinajstić information content (AvgIpc) is 2.23. The summed E-state index contributed by atoms with van der Waals surface area (Å²) in [7, 11) is -4.50. The maximum Gasteiger partial charge on any atom is 0.174 e. The van der Waals surface area contributed by atoms with Gasteiger partial charge in [-0.25, -0.2) is 0 Å². The van der Waals surface area contributed by atoms with Crippen molar-refractivity contribution >= 4 is 30.5 Å². The van der Waals surface area contributed by atoms with Crippen LogP contribution in [0, 0.1) is 0 Å². The Labute approximate surface area is 134 Å². The molecule has 1 aromatic carbocycles. The SMILES string of the molecule is C[Si](C)(C)/N=C(\c1ccccc1)N([Si](C)(C)C)[Si](C)(C)C. The van der Waals surface area contributed by atoms with Crippen LogP contribution >= 0.6 is 0 Å². The van der Waals surface area contributed by atoms with Crippen molar-refractivity contribution in [3.63, 3.8) is 0 Å². The molecule has 0 atom stereocenters. The summed E-state index contributed by atoms with van der Waals surface area (Å²) in [5, 5.41) is 0. The predicted octanol–water partition coefficient (Wildman–Crippen LogP) is 5.24. The molecule has 1 aromatic rings. The molecule has 2 nitrogen and oxygen atoms in total. The minimum atomic E-state index is -1.53. The molecule has 0 heterocycles. The highest BCUT2D eigenvalue weighted by molar-refractivity contribution is 6.93. The molecule has 118 valence electrons. The second kappa shape index (κ2) is 6.22. The minimum Gasteiger partial charge on any atom is -0.410 e. The third kappa shape index (κ3) is 5.56. The normalized spacial score (nSPS) is 14.2. The van der Waals surface area contributed by atoms with E-state index in [1.54, 1.807) is 0 Å². The Bertz CT molecular complexity index is 477. The first-order valence-corrected chi connectivity index (χ1v) is 18.1. The zero-order valence-electron chi connectivity index (χ0n) is 15.3. The van der Waals surface area contributed by atoms with Crippen molar-refractivity contribution in [1.29, 1.82) is 0 Å². The number of rotatable bonds is 4. The van der Waals surface area contributed by atoms with E-state index >= 15 is 0 Å². The average molecular weight is 337 g/mol. The van der Waals surface area contributed by atoms with E-state index in [9.17, 15) is 0 Å². The fourth-order valence-electron chi connectivity index (χ4n) is 2.79. The molecule has 0 spiro atoms. The van der Waals surface area contributed by atoms with Crippen molar-refractivity contribution in [1.82, 2.24) is 4.23 Å². The van der Waals surface area contributed by atoms with Gasteiger partial charge in [-0.15, -0.1) is 0 Å². The van der Waals surface area contributed by atoms with Crippen molar-refractivity contribution in [2.75, 3.05) is 0 Å². The van der Waals surface area contributed by atoms with Gasteiger partial charge in [-0.2, -0.15) is 0 Å². The Morgan fingerprint density at radius 1 is 0.762 bits per heavy atom. The molecule has 0 amide bonds. The second-order valence-corrected chi connectivity index (χ2v) is 23.2. The monoisotopic (exact) mass is 336 g/mol. The topological polar surface area (TPSA) is 15.6 Å². The van der Waals surface area contributed by atoms with Crippen LogP contribution in [-0.4, -0.2) is 34.8 Å². The van der Waals surface area contributed by atoms with Gasteiger partial charge < -0.3 is 8.89 Å². The van der Waals surface area contributed by atoms with Crippen molar-refractivity contribution < 1.29 is 0 Å². The van der Waals surface area contributed by atoms with E-state index in [-0.39, 0.29) is 0 Å². The smallest absolute Gasteiger partial charge is 0.174 e. The first-order chi connectivity index (χ1) is 9.32. The van der Waals surface area contributed by atoms with Gasteiger partial charge in [-0.1, -0.05) is 69.6 Å². The van der Waals surface area contributed by atoms with Gasteiger partial charge in [0.25, 0.3) is 0 Å². The van der Waals surface area contributed by atoms with E-state index in [1.165, 1.54) is 11.4 Å². The van der Waals surface area contributed by atoms with Gasteiger partial charge in [0, 0.05) is 5.56 Å². The van der Waals surface area contributed by atoms with E-state index in [0.29, 0.717) is 0 Å². The molecule has 0 aromatic heterocycles.